The van der Waals surface area contributed by atoms with E-state index in [1.165, 1.54) is 11.8 Å². The van der Waals surface area contributed by atoms with Gasteiger partial charge < -0.3 is 19.5 Å². The minimum atomic E-state index is -1.02. The molecular weight excluding hydrogens is 494 g/mol. The molecule has 1 aliphatic rings. The van der Waals surface area contributed by atoms with Crippen LogP contribution in [0.25, 0.3) is 0 Å². The molecule has 7 nitrogen and oxygen atoms in total. The van der Waals surface area contributed by atoms with Crippen molar-refractivity contribution in [3.05, 3.63) is 60.8 Å². The summed E-state index contributed by atoms with van der Waals surface area (Å²) in [5.41, 5.74) is 0. The normalized spacial score (nSPS) is 15.6. The summed E-state index contributed by atoms with van der Waals surface area (Å²) in [6.45, 7) is 3.74. The van der Waals surface area contributed by atoms with E-state index in [0.29, 0.717) is 6.42 Å². The van der Waals surface area contributed by atoms with Gasteiger partial charge in [-0.1, -0.05) is 86.9 Å². The van der Waals surface area contributed by atoms with Crippen LogP contribution in [-0.2, 0) is 19.1 Å². The fraction of sp³-hybridized carbons (Fsp3) is 0.594. The SMILES string of the molecule is CC/C=C/C/C=C/C/C=C/C/C=C/C/C=C/CCCC(=O)OC(C)OC(=O)N(CCC(=O)O)C1CCCCC1. The molecule has 0 aromatic carbocycles. The van der Waals surface area contributed by atoms with Gasteiger partial charge >= 0.3 is 18.0 Å². The first-order valence-electron chi connectivity index (χ1n) is 14.6. The van der Waals surface area contributed by atoms with Gasteiger partial charge in [0.05, 0.1) is 6.42 Å². The van der Waals surface area contributed by atoms with Crippen LogP contribution >= 0.6 is 0 Å². The zero-order valence-corrected chi connectivity index (χ0v) is 24.0. The van der Waals surface area contributed by atoms with Crippen LogP contribution in [0.2, 0.25) is 0 Å². The van der Waals surface area contributed by atoms with Crippen LogP contribution in [0.5, 0.6) is 0 Å². The fourth-order valence-electron chi connectivity index (χ4n) is 4.24. The highest BCUT2D eigenvalue weighted by Crippen LogP contribution is 2.24. The molecule has 0 spiro atoms. The summed E-state index contributed by atoms with van der Waals surface area (Å²) in [7, 11) is 0. The molecule has 1 fully saturated rings. The zero-order valence-electron chi connectivity index (χ0n) is 24.0. The van der Waals surface area contributed by atoms with Crippen LogP contribution in [0, 0.1) is 0 Å². The first kappa shape index (κ1) is 33.9. The number of unbranched alkanes of at least 4 members (excludes halogenated alkanes) is 1. The second-order valence-corrected chi connectivity index (χ2v) is 9.67. The second kappa shape index (κ2) is 22.9. The number of carbonyl (C=O) groups excluding carboxylic acids is 2. The number of hydrogen-bond acceptors (Lipinski definition) is 5. The van der Waals surface area contributed by atoms with Gasteiger partial charge in [-0.15, -0.1) is 0 Å². The quantitative estimate of drug-likeness (QED) is 0.0767. The fourth-order valence-corrected chi connectivity index (χ4v) is 4.24. The minimum Gasteiger partial charge on any atom is -0.481 e. The molecule has 1 amide bonds. The van der Waals surface area contributed by atoms with Gasteiger partial charge in [0, 0.05) is 25.9 Å². The average molecular weight is 544 g/mol. The number of ether oxygens (including phenoxy) is 2. The molecular formula is C32H49NO6. The molecule has 0 aromatic heterocycles. The minimum absolute atomic E-state index is 0.0306. The molecule has 1 rings (SSSR count). The highest BCUT2D eigenvalue weighted by atomic mass is 16.7. The number of hydrogen-bond donors (Lipinski definition) is 1. The maximum absolute atomic E-state index is 12.7. The van der Waals surface area contributed by atoms with Gasteiger partial charge in [0.2, 0.25) is 6.29 Å². The van der Waals surface area contributed by atoms with Gasteiger partial charge in [-0.3, -0.25) is 9.59 Å². The Balaban J connectivity index is 2.19. The Morgan fingerprint density at radius 1 is 0.795 bits per heavy atom. The summed E-state index contributed by atoms with van der Waals surface area (Å²) in [6.07, 6.45) is 31.0. The summed E-state index contributed by atoms with van der Waals surface area (Å²) in [5.74, 6) is -1.38. The molecule has 0 radical (unpaired) electrons. The van der Waals surface area contributed by atoms with Crippen LogP contribution in [0.15, 0.2) is 60.8 Å². The molecule has 1 N–H and O–H groups in total. The number of carboxylic acid groups (broad SMARTS) is 1. The number of amides is 1. The monoisotopic (exact) mass is 543 g/mol. The van der Waals surface area contributed by atoms with Crippen molar-refractivity contribution in [3.63, 3.8) is 0 Å². The van der Waals surface area contributed by atoms with Gasteiger partial charge in [-0.05, 0) is 57.8 Å². The molecule has 1 unspecified atom stereocenters. The molecule has 218 valence electrons. The average Bonchev–Trinajstić information content (AvgIpc) is 2.91. The summed E-state index contributed by atoms with van der Waals surface area (Å²) < 4.78 is 10.6. The number of carbonyl (C=O) groups is 3. The summed E-state index contributed by atoms with van der Waals surface area (Å²) in [4.78, 5) is 37.3. The molecule has 0 saturated heterocycles. The predicted molar refractivity (Wildman–Crippen MR) is 156 cm³/mol. The first-order chi connectivity index (χ1) is 18.9. The van der Waals surface area contributed by atoms with Gasteiger partial charge in [0.25, 0.3) is 0 Å². The van der Waals surface area contributed by atoms with Crippen molar-refractivity contribution in [1.29, 1.82) is 0 Å². The number of carboxylic acids is 1. The highest BCUT2D eigenvalue weighted by Gasteiger charge is 2.28. The third-order valence-electron chi connectivity index (χ3n) is 6.29. The van der Waals surface area contributed by atoms with E-state index in [0.717, 1.165) is 70.6 Å². The number of allylic oxidation sites excluding steroid dienone is 10. The van der Waals surface area contributed by atoms with Crippen molar-refractivity contribution in [2.24, 2.45) is 0 Å². The number of rotatable bonds is 19. The van der Waals surface area contributed by atoms with Crippen LogP contribution in [0.4, 0.5) is 4.79 Å². The van der Waals surface area contributed by atoms with E-state index in [-0.39, 0.29) is 25.4 Å². The topological polar surface area (TPSA) is 93.1 Å². The van der Waals surface area contributed by atoms with Crippen LogP contribution in [0.1, 0.15) is 104 Å². The molecule has 1 aliphatic carbocycles. The van der Waals surface area contributed by atoms with E-state index in [1.54, 1.807) is 0 Å². The Hall–Kier alpha value is -3.09. The van der Waals surface area contributed by atoms with E-state index < -0.39 is 24.3 Å². The smallest absolute Gasteiger partial charge is 0.413 e. The van der Waals surface area contributed by atoms with Crippen LogP contribution < -0.4 is 0 Å². The van der Waals surface area contributed by atoms with E-state index in [2.05, 4.69) is 67.7 Å². The zero-order chi connectivity index (χ0) is 28.6. The van der Waals surface area contributed by atoms with Gasteiger partial charge in [0.15, 0.2) is 0 Å². The van der Waals surface area contributed by atoms with Crippen molar-refractivity contribution in [2.45, 2.75) is 116 Å². The van der Waals surface area contributed by atoms with Crippen molar-refractivity contribution in [3.8, 4) is 0 Å². The lowest BCUT2D eigenvalue weighted by Crippen LogP contribution is -2.44. The molecule has 0 aromatic rings. The number of esters is 1. The van der Waals surface area contributed by atoms with Crippen LogP contribution in [-0.4, -0.2) is 46.9 Å². The van der Waals surface area contributed by atoms with E-state index in [4.69, 9.17) is 14.6 Å². The standard InChI is InChI=1S/C32H49NO6/c1-3-4-5-6-7-8-9-10-11-12-13-14-15-16-17-18-22-25-31(36)38-28(2)39-32(37)33(27-26-30(34)35)29-23-20-19-21-24-29/h4-5,7-8,10-11,13-14,16-17,28-29H,3,6,9,12,15,18-27H2,1-2H3,(H,34,35)/b5-4+,8-7+,11-10+,14-13+,17-16+. The van der Waals surface area contributed by atoms with Gasteiger partial charge in [0.1, 0.15) is 0 Å². The third kappa shape index (κ3) is 18.7. The Morgan fingerprint density at radius 2 is 1.33 bits per heavy atom. The highest BCUT2D eigenvalue weighted by molar-refractivity contribution is 5.72. The lowest BCUT2D eigenvalue weighted by molar-refractivity contribution is -0.166. The van der Waals surface area contributed by atoms with E-state index >= 15 is 0 Å². The lowest BCUT2D eigenvalue weighted by atomic mass is 9.94. The largest absolute Gasteiger partial charge is 0.481 e. The van der Waals surface area contributed by atoms with Gasteiger partial charge in [-0.2, -0.15) is 0 Å². The van der Waals surface area contributed by atoms with Gasteiger partial charge in [-0.25, -0.2) is 4.79 Å². The van der Waals surface area contributed by atoms with E-state index in [9.17, 15) is 14.4 Å². The lowest BCUT2D eigenvalue weighted by Gasteiger charge is -2.33. The summed E-state index contributed by atoms with van der Waals surface area (Å²) in [5, 5.41) is 9.02. The third-order valence-corrected chi connectivity index (χ3v) is 6.29. The summed E-state index contributed by atoms with van der Waals surface area (Å²) in [6, 6.07) is -0.0306. The Morgan fingerprint density at radius 3 is 1.87 bits per heavy atom. The molecule has 1 atom stereocenters. The van der Waals surface area contributed by atoms with Crippen molar-refractivity contribution >= 4 is 18.0 Å². The number of nitrogens with zero attached hydrogens (tertiary/aromatic N) is 1. The maximum atomic E-state index is 12.7. The molecule has 0 aliphatic heterocycles. The van der Waals surface area contributed by atoms with Crippen LogP contribution in [0.3, 0.4) is 0 Å². The van der Waals surface area contributed by atoms with Crippen molar-refractivity contribution < 1.29 is 29.0 Å². The molecule has 0 bridgehead atoms. The Labute approximate surface area is 235 Å². The Kier molecular flexibility index (Phi) is 19.9. The molecule has 7 heteroatoms. The van der Waals surface area contributed by atoms with Crippen molar-refractivity contribution in [1.82, 2.24) is 4.90 Å². The summed E-state index contributed by atoms with van der Waals surface area (Å²) >= 11 is 0. The number of aliphatic carboxylic acids is 1. The molecule has 39 heavy (non-hydrogen) atoms. The molecule has 0 heterocycles. The predicted octanol–water partition coefficient (Wildman–Crippen LogP) is 8.04. The van der Waals surface area contributed by atoms with Crippen molar-refractivity contribution in [2.75, 3.05) is 6.54 Å². The maximum Gasteiger partial charge on any atom is 0.413 e. The second-order valence-electron chi connectivity index (χ2n) is 9.67. The van der Waals surface area contributed by atoms with E-state index in [1.807, 2.05) is 0 Å². The first-order valence-corrected chi connectivity index (χ1v) is 14.6. The molecule has 1 saturated carbocycles. The Bertz CT molecular complexity index is 836.